The van der Waals surface area contributed by atoms with E-state index in [-0.39, 0.29) is 18.1 Å². The van der Waals surface area contributed by atoms with Crippen molar-refractivity contribution in [2.24, 2.45) is 0 Å². The van der Waals surface area contributed by atoms with Gasteiger partial charge in [-0.2, -0.15) is 0 Å². The van der Waals surface area contributed by atoms with Crippen LogP contribution in [0.1, 0.15) is 35.6 Å². The molecule has 21 heavy (non-hydrogen) atoms. The highest BCUT2D eigenvalue weighted by Gasteiger charge is 2.27. The number of ketones is 1. The number of hydrogen-bond donors (Lipinski definition) is 0. The van der Waals surface area contributed by atoms with Crippen LogP contribution < -0.4 is 0 Å². The van der Waals surface area contributed by atoms with Gasteiger partial charge >= 0.3 is 0 Å². The van der Waals surface area contributed by atoms with Gasteiger partial charge in [0.1, 0.15) is 17.4 Å². The fourth-order valence-corrected chi connectivity index (χ4v) is 2.96. The van der Waals surface area contributed by atoms with Crippen LogP contribution in [0.5, 0.6) is 0 Å². The van der Waals surface area contributed by atoms with Crippen molar-refractivity contribution in [3.8, 4) is 0 Å². The van der Waals surface area contributed by atoms with Gasteiger partial charge in [0.05, 0.1) is 11.6 Å². The highest BCUT2D eigenvalue weighted by Crippen LogP contribution is 2.31. The Balaban J connectivity index is 1.83. The molecule has 0 radical (unpaired) electrons. The second-order valence-corrected chi connectivity index (χ2v) is 5.41. The van der Waals surface area contributed by atoms with Crippen LogP contribution in [0.3, 0.4) is 0 Å². The van der Waals surface area contributed by atoms with Crippen LogP contribution in [-0.2, 0) is 17.6 Å². The zero-order valence-electron chi connectivity index (χ0n) is 11.5. The third-order valence-electron chi connectivity index (χ3n) is 3.88. The third-order valence-corrected chi connectivity index (χ3v) is 3.88. The van der Waals surface area contributed by atoms with Crippen LogP contribution in [0.2, 0.25) is 0 Å². The van der Waals surface area contributed by atoms with Crippen molar-refractivity contribution in [3.05, 3.63) is 65.0 Å². The fraction of sp³-hybridized carbons (Fsp3) is 0.294. The topological polar surface area (TPSA) is 30.0 Å². The van der Waals surface area contributed by atoms with Gasteiger partial charge in [-0.15, -0.1) is 0 Å². The molecule has 1 heterocycles. The lowest BCUT2D eigenvalue weighted by Gasteiger charge is -2.23. The molecule has 4 heteroatoms. The fourth-order valence-electron chi connectivity index (χ4n) is 2.96. The average molecular weight is 287 g/mol. The SMILES string of the molecule is O=C(Cc1cc(F)cc(F)c1)C1CCCc2cccnc21. The molecule has 108 valence electrons. The first-order valence-electron chi connectivity index (χ1n) is 7.05. The number of nitrogens with zero attached hydrogens (tertiary/aromatic N) is 1. The van der Waals surface area contributed by atoms with Gasteiger partial charge in [-0.1, -0.05) is 6.07 Å². The first-order chi connectivity index (χ1) is 10.1. The maximum atomic E-state index is 13.2. The van der Waals surface area contributed by atoms with E-state index < -0.39 is 11.6 Å². The van der Waals surface area contributed by atoms with Crippen LogP contribution >= 0.6 is 0 Å². The molecule has 1 atom stereocenters. The molecule has 1 aromatic heterocycles. The zero-order valence-corrected chi connectivity index (χ0v) is 11.5. The van der Waals surface area contributed by atoms with E-state index in [0.717, 1.165) is 36.6 Å². The summed E-state index contributed by atoms with van der Waals surface area (Å²) < 4.78 is 26.4. The second-order valence-electron chi connectivity index (χ2n) is 5.41. The summed E-state index contributed by atoms with van der Waals surface area (Å²) in [5.74, 6) is -1.60. The number of aromatic nitrogens is 1. The molecule has 2 aromatic rings. The maximum Gasteiger partial charge on any atom is 0.146 e. The lowest BCUT2D eigenvalue weighted by Crippen LogP contribution is -2.21. The number of carbonyl (C=O) groups is 1. The van der Waals surface area contributed by atoms with Gasteiger partial charge in [-0.25, -0.2) is 8.78 Å². The molecule has 0 aliphatic heterocycles. The number of Topliss-reactive ketones (excluding diaryl/α,β-unsaturated/α-hetero) is 1. The number of fused-ring (bicyclic) bond motifs is 1. The minimum Gasteiger partial charge on any atom is -0.299 e. The minimum absolute atomic E-state index is 0.0281. The smallest absolute Gasteiger partial charge is 0.146 e. The molecular formula is C17H15F2NO. The summed E-state index contributed by atoms with van der Waals surface area (Å²) in [5, 5.41) is 0. The standard InChI is InChI=1S/C17H15F2NO/c18-13-7-11(8-14(19)10-13)9-16(21)15-5-1-3-12-4-2-6-20-17(12)15/h2,4,6-8,10,15H,1,3,5,9H2. The van der Waals surface area contributed by atoms with Crippen LogP contribution in [0, 0.1) is 11.6 Å². The van der Waals surface area contributed by atoms with Crippen molar-refractivity contribution in [3.63, 3.8) is 0 Å². The van der Waals surface area contributed by atoms with Gasteiger partial charge in [0.25, 0.3) is 0 Å². The average Bonchev–Trinajstić information content (AvgIpc) is 2.45. The van der Waals surface area contributed by atoms with E-state index in [1.165, 1.54) is 12.1 Å². The minimum atomic E-state index is -0.653. The summed E-state index contributed by atoms with van der Waals surface area (Å²) in [4.78, 5) is 16.8. The Morgan fingerprint density at radius 3 is 2.76 bits per heavy atom. The highest BCUT2D eigenvalue weighted by molar-refractivity contribution is 5.87. The number of pyridine rings is 1. The summed E-state index contributed by atoms with van der Waals surface area (Å²) in [6.45, 7) is 0. The largest absolute Gasteiger partial charge is 0.299 e. The van der Waals surface area contributed by atoms with Crippen molar-refractivity contribution < 1.29 is 13.6 Å². The molecule has 0 saturated heterocycles. The Hall–Kier alpha value is -2.10. The van der Waals surface area contributed by atoms with Crippen molar-refractivity contribution in [1.29, 1.82) is 0 Å². The molecule has 1 aliphatic carbocycles. The van der Waals surface area contributed by atoms with Crippen molar-refractivity contribution in [2.75, 3.05) is 0 Å². The van der Waals surface area contributed by atoms with Gasteiger partial charge in [-0.05, 0) is 48.6 Å². The molecule has 0 N–H and O–H groups in total. The molecule has 0 bridgehead atoms. The lowest BCUT2D eigenvalue weighted by molar-refractivity contribution is -0.120. The number of carbonyl (C=O) groups excluding carboxylic acids is 1. The summed E-state index contributed by atoms with van der Waals surface area (Å²) in [6.07, 6.45) is 4.34. The van der Waals surface area contributed by atoms with Crippen LogP contribution in [0.4, 0.5) is 8.78 Å². The molecule has 0 saturated carbocycles. The van der Waals surface area contributed by atoms with Crippen molar-refractivity contribution in [2.45, 2.75) is 31.6 Å². The highest BCUT2D eigenvalue weighted by atomic mass is 19.1. The number of halogens is 2. The molecule has 3 rings (SSSR count). The number of rotatable bonds is 3. The maximum absolute atomic E-state index is 13.2. The molecular weight excluding hydrogens is 272 g/mol. The van der Waals surface area contributed by atoms with E-state index in [1.807, 2.05) is 12.1 Å². The van der Waals surface area contributed by atoms with Crippen LogP contribution in [0.15, 0.2) is 36.5 Å². The summed E-state index contributed by atoms with van der Waals surface area (Å²) in [7, 11) is 0. The second kappa shape index (κ2) is 5.72. The monoisotopic (exact) mass is 287 g/mol. The Morgan fingerprint density at radius 2 is 2.00 bits per heavy atom. The van der Waals surface area contributed by atoms with Crippen molar-refractivity contribution in [1.82, 2.24) is 4.98 Å². The Morgan fingerprint density at radius 1 is 1.24 bits per heavy atom. The predicted octanol–water partition coefficient (Wildman–Crippen LogP) is 3.59. The molecule has 1 aliphatic rings. The van der Waals surface area contributed by atoms with Crippen LogP contribution in [-0.4, -0.2) is 10.8 Å². The Labute approximate surface area is 121 Å². The van der Waals surface area contributed by atoms with Gasteiger partial charge in [0.15, 0.2) is 0 Å². The summed E-state index contributed by atoms with van der Waals surface area (Å²) in [5.41, 5.74) is 2.30. The van der Waals surface area contributed by atoms with E-state index in [9.17, 15) is 13.6 Å². The first kappa shape index (κ1) is 13.9. The van der Waals surface area contributed by atoms with Gasteiger partial charge in [0, 0.05) is 18.7 Å². The first-order valence-corrected chi connectivity index (χ1v) is 7.05. The molecule has 0 fully saturated rings. The van der Waals surface area contributed by atoms with E-state index in [1.54, 1.807) is 6.20 Å². The van der Waals surface area contributed by atoms with Gasteiger partial charge in [0.2, 0.25) is 0 Å². The zero-order chi connectivity index (χ0) is 14.8. The molecule has 0 amide bonds. The third kappa shape index (κ3) is 2.99. The number of hydrogen-bond acceptors (Lipinski definition) is 2. The van der Waals surface area contributed by atoms with E-state index in [0.29, 0.717) is 5.56 Å². The number of aryl methyl sites for hydroxylation is 1. The lowest BCUT2D eigenvalue weighted by atomic mass is 9.82. The summed E-state index contributed by atoms with van der Waals surface area (Å²) in [6, 6.07) is 7.09. The summed E-state index contributed by atoms with van der Waals surface area (Å²) >= 11 is 0. The quantitative estimate of drug-likeness (QED) is 0.863. The van der Waals surface area contributed by atoms with E-state index in [2.05, 4.69) is 4.98 Å². The van der Waals surface area contributed by atoms with E-state index >= 15 is 0 Å². The van der Waals surface area contributed by atoms with Crippen LogP contribution in [0.25, 0.3) is 0 Å². The molecule has 1 unspecified atom stereocenters. The Bertz CT molecular complexity index is 664. The normalized spacial score (nSPS) is 17.3. The number of benzene rings is 1. The predicted molar refractivity (Wildman–Crippen MR) is 75.0 cm³/mol. The van der Waals surface area contributed by atoms with E-state index in [4.69, 9.17) is 0 Å². The van der Waals surface area contributed by atoms with Gasteiger partial charge in [-0.3, -0.25) is 9.78 Å². The molecule has 2 nitrogen and oxygen atoms in total. The Kier molecular flexibility index (Phi) is 3.78. The molecule has 0 spiro atoms. The molecule has 1 aromatic carbocycles. The van der Waals surface area contributed by atoms with Crippen molar-refractivity contribution >= 4 is 5.78 Å². The van der Waals surface area contributed by atoms with Gasteiger partial charge < -0.3 is 0 Å².